The van der Waals surface area contributed by atoms with Crippen molar-refractivity contribution in [2.24, 2.45) is 0 Å². The Labute approximate surface area is 148 Å². The van der Waals surface area contributed by atoms with Crippen molar-refractivity contribution in [2.45, 2.75) is 18.1 Å². The van der Waals surface area contributed by atoms with Crippen molar-refractivity contribution < 1.29 is 24.2 Å². The number of hydrogen-bond donors (Lipinski definition) is 2. The highest BCUT2D eigenvalue weighted by Crippen LogP contribution is 2.26. The second-order valence-corrected chi connectivity index (χ2v) is 6.72. The maximum Gasteiger partial charge on any atom is 0.307 e. The number of imide groups is 1. The number of ether oxygens (including phenoxy) is 1. The summed E-state index contributed by atoms with van der Waals surface area (Å²) in [5.74, 6) is 0.115. The van der Waals surface area contributed by atoms with E-state index in [0.29, 0.717) is 23.5 Å². The normalized spacial score (nSPS) is 16.6. The topological polar surface area (TPSA) is 92.7 Å². The van der Waals surface area contributed by atoms with Gasteiger partial charge in [0.15, 0.2) is 0 Å². The number of carbonyl (C=O) groups is 3. The number of carboxylic acid groups (broad SMARTS) is 1. The van der Waals surface area contributed by atoms with Gasteiger partial charge >= 0.3 is 5.97 Å². The molecule has 3 rings (SSSR count). The van der Waals surface area contributed by atoms with Crippen LogP contribution in [0.25, 0.3) is 0 Å². The molecule has 6 nitrogen and oxygen atoms in total. The standard InChI is InChI=1S/C18H15NO5S/c20-16(21)10-12-3-7-14(8-4-12)24-13-5-1-11(2-6-13)9-15-17(22)19-18(23)25-15/h1-8,15H,9-10H2,(H,20,21)(H,19,22,23). The second kappa shape index (κ2) is 7.40. The summed E-state index contributed by atoms with van der Waals surface area (Å²) < 4.78 is 5.72. The fourth-order valence-electron chi connectivity index (χ4n) is 2.42. The Kier molecular flexibility index (Phi) is 5.04. The van der Waals surface area contributed by atoms with E-state index < -0.39 is 5.97 Å². The van der Waals surface area contributed by atoms with E-state index in [4.69, 9.17) is 9.84 Å². The largest absolute Gasteiger partial charge is 0.481 e. The van der Waals surface area contributed by atoms with Gasteiger partial charge in [-0.3, -0.25) is 19.7 Å². The van der Waals surface area contributed by atoms with Crippen molar-refractivity contribution >= 4 is 28.9 Å². The van der Waals surface area contributed by atoms with Gasteiger partial charge in [0.2, 0.25) is 5.91 Å². The molecule has 1 aliphatic rings. The van der Waals surface area contributed by atoms with E-state index in [-0.39, 0.29) is 22.8 Å². The highest BCUT2D eigenvalue weighted by atomic mass is 32.2. The first-order valence-electron chi connectivity index (χ1n) is 7.58. The molecule has 128 valence electrons. The van der Waals surface area contributed by atoms with Crippen LogP contribution in [0.3, 0.4) is 0 Å². The number of rotatable bonds is 6. The zero-order valence-corrected chi connectivity index (χ0v) is 13.9. The van der Waals surface area contributed by atoms with Crippen LogP contribution < -0.4 is 10.1 Å². The minimum atomic E-state index is -0.875. The second-order valence-electron chi connectivity index (χ2n) is 5.55. The van der Waals surface area contributed by atoms with Crippen molar-refractivity contribution in [1.82, 2.24) is 5.32 Å². The Morgan fingerprint density at radius 3 is 2.04 bits per heavy atom. The van der Waals surface area contributed by atoms with Crippen molar-refractivity contribution in [3.05, 3.63) is 59.7 Å². The van der Waals surface area contributed by atoms with Crippen molar-refractivity contribution in [3.8, 4) is 11.5 Å². The van der Waals surface area contributed by atoms with Crippen LogP contribution in [0.1, 0.15) is 11.1 Å². The van der Waals surface area contributed by atoms with Gasteiger partial charge < -0.3 is 9.84 Å². The molecule has 1 atom stereocenters. The molecule has 0 aromatic heterocycles. The highest BCUT2D eigenvalue weighted by Gasteiger charge is 2.31. The van der Waals surface area contributed by atoms with Gasteiger partial charge in [-0.15, -0.1) is 0 Å². The molecule has 25 heavy (non-hydrogen) atoms. The third kappa shape index (κ3) is 4.60. The van der Waals surface area contributed by atoms with Crippen LogP contribution in [-0.4, -0.2) is 27.5 Å². The number of amides is 2. The number of aliphatic carboxylic acids is 1. The molecule has 2 amide bonds. The molecule has 1 fully saturated rings. The van der Waals surface area contributed by atoms with Gasteiger partial charge in [-0.05, 0) is 41.8 Å². The fraction of sp³-hybridized carbons (Fsp3) is 0.167. The van der Waals surface area contributed by atoms with E-state index in [1.54, 1.807) is 36.4 Å². The lowest BCUT2D eigenvalue weighted by Gasteiger charge is -2.09. The Morgan fingerprint density at radius 1 is 1.00 bits per heavy atom. The highest BCUT2D eigenvalue weighted by molar-refractivity contribution is 8.15. The van der Waals surface area contributed by atoms with Crippen LogP contribution in [0.4, 0.5) is 4.79 Å². The molecule has 1 aliphatic heterocycles. The molecule has 0 saturated carbocycles. The number of carbonyl (C=O) groups excluding carboxylic acids is 2. The first-order valence-corrected chi connectivity index (χ1v) is 8.46. The van der Waals surface area contributed by atoms with E-state index in [1.165, 1.54) is 0 Å². The van der Waals surface area contributed by atoms with Gasteiger partial charge in [-0.2, -0.15) is 0 Å². The van der Waals surface area contributed by atoms with Gasteiger partial charge in [-0.25, -0.2) is 0 Å². The molecule has 2 aromatic carbocycles. The molecule has 0 radical (unpaired) electrons. The molecule has 1 unspecified atom stereocenters. The lowest BCUT2D eigenvalue weighted by atomic mass is 10.1. The summed E-state index contributed by atoms with van der Waals surface area (Å²) >= 11 is 1.01. The molecular formula is C18H15NO5S. The SMILES string of the molecule is O=C(O)Cc1ccc(Oc2ccc(CC3SC(=O)NC3=O)cc2)cc1. The van der Waals surface area contributed by atoms with Crippen LogP contribution >= 0.6 is 11.8 Å². The Hall–Kier alpha value is -2.80. The van der Waals surface area contributed by atoms with E-state index in [0.717, 1.165) is 17.3 Å². The summed E-state index contributed by atoms with van der Waals surface area (Å²) in [6.45, 7) is 0. The first kappa shape index (κ1) is 17.0. The maximum absolute atomic E-state index is 11.6. The van der Waals surface area contributed by atoms with Crippen LogP contribution in [0, 0.1) is 0 Å². The Morgan fingerprint density at radius 2 is 1.56 bits per heavy atom. The lowest BCUT2D eigenvalue weighted by molar-refractivity contribution is -0.136. The summed E-state index contributed by atoms with van der Waals surface area (Å²) in [4.78, 5) is 33.4. The average molecular weight is 357 g/mol. The number of thioether (sulfide) groups is 1. The number of benzene rings is 2. The summed E-state index contributed by atoms with van der Waals surface area (Å²) in [7, 11) is 0. The Bertz CT molecular complexity index is 801. The van der Waals surface area contributed by atoms with Crippen LogP contribution in [0.15, 0.2) is 48.5 Å². The lowest BCUT2D eigenvalue weighted by Crippen LogP contribution is -2.25. The van der Waals surface area contributed by atoms with E-state index in [1.807, 2.05) is 12.1 Å². The maximum atomic E-state index is 11.6. The van der Waals surface area contributed by atoms with Crippen molar-refractivity contribution in [3.63, 3.8) is 0 Å². The quantitative estimate of drug-likeness (QED) is 0.826. The number of nitrogens with one attached hydrogen (secondary N) is 1. The van der Waals surface area contributed by atoms with Crippen molar-refractivity contribution in [2.75, 3.05) is 0 Å². The van der Waals surface area contributed by atoms with Crippen LogP contribution in [-0.2, 0) is 22.4 Å². The third-order valence-corrected chi connectivity index (χ3v) is 4.61. The number of carboxylic acids is 1. The fourth-order valence-corrected chi connectivity index (χ4v) is 3.28. The molecule has 0 aliphatic carbocycles. The summed E-state index contributed by atoms with van der Waals surface area (Å²) in [6, 6.07) is 14.2. The molecule has 1 heterocycles. The summed E-state index contributed by atoms with van der Waals surface area (Å²) in [5, 5.41) is 10.3. The zero-order valence-electron chi connectivity index (χ0n) is 13.1. The molecule has 0 bridgehead atoms. The number of hydrogen-bond acceptors (Lipinski definition) is 5. The van der Waals surface area contributed by atoms with Gasteiger partial charge in [0.05, 0.1) is 11.7 Å². The molecular weight excluding hydrogens is 342 g/mol. The Balaban J connectivity index is 1.60. The minimum Gasteiger partial charge on any atom is -0.481 e. The molecule has 1 saturated heterocycles. The predicted octanol–water partition coefficient (Wildman–Crippen LogP) is 3.00. The van der Waals surface area contributed by atoms with E-state index in [9.17, 15) is 14.4 Å². The molecule has 7 heteroatoms. The van der Waals surface area contributed by atoms with Crippen LogP contribution in [0.5, 0.6) is 11.5 Å². The molecule has 2 N–H and O–H groups in total. The molecule has 0 spiro atoms. The summed E-state index contributed by atoms with van der Waals surface area (Å²) in [6.07, 6.45) is 0.455. The van der Waals surface area contributed by atoms with E-state index >= 15 is 0 Å². The molecule has 2 aromatic rings. The zero-order chi connectivity index (χ0) is 17.8. The average Bonchev–Trinajstić information content (AvgIpc) is 2.88. The van der Waals surface area contributed by atoms with Crippen LogP contribution in [0.2, 0.25) is 0 Å². The monoisotopic (exact) mass is 357 g/mol. The smallest absolute Gasteiger partial charge is 0.307 e. The first-order chi connectivity index (χ1) is 12.0. The predicted molar refractivity (Wildman–Crippen MR) is 92.9 cm³/mol. The van der Waals surface area contributed by atoms with Crippen molar-refractivity contribution in [1.29, 1.82) is 0 Å². The van der Waals surface area contributed by atoms with E-state index in [2.05, 4.69) is 5.32 Å². The minimum absolute atomic E-state index is 0.0236. The van der Waals surface area contributed by atoms with Gasteiger partial charge in [-0.1, -0.05) is 36.0 Å². The summed E-state index contributed by atoms with van der Waals surface area (Å²) in [5.41, 5.74) is 1.64. The van der Waals surface area contributed by atoms with Gasteiger partial charge in [0.25, 0.3) is 5.24 Å². The van der Waals surface area contributed by atoms with Gasteiger partial charge in [0, 0.05) is 0 Å². The third-order valence-electron chi connectivity index (χ3n) is 3.63. The van der Waals surface area contributed by atoms with Gasteiger partial charge in [0.1, 0.15) is 11.5 Å².